The molecule has 0 saturated carbocycles. The van der Waals surface area contributed by atoms with Gasteiger partial charge in [-0.2, -0.15) is 0 Å². The lowest BCUT2D eigenvalue weighted by Gasteiger charge is -2.33. The van der Waals surface area contributed by atoms with Gasteiger partial charge in [-0.1, -0.05) is 36.4 Å². The third-order valence-corrected chi connectivity index (χ3v) is 4.84. The molecule has 5 nitrogen and oxygen atoms in total. The molecule has 2 unspecified atom stereocenters. The summed E-state index contributed by atoms with van der Waals surface area (Å²) in [6.07, 6.45) is 0.158. The fourth-order valence-corrected chi connectivity index (χ4v) is 3.24. The first-order valence-corrected chi connectivity index (χ1v) is 9.31. The van der Waals surface area contributed by atoms with Crippen molar-refractivity contribution in [1.29, 1.82) is 0 Å². The summed E-state index contributed by atoms with van der Waals surface area (Å²) in [5.41, 5.74) is 1.59. The molecule has 0 bridgehead atoms. The maximum absolute atomic E-state index is 13.5. The molecule has 2 atom stereocenters. The topological polar surface area (TPSA) is 61.8 Å². The van der Waals surface area contributed by atoms with Crippen LogP contribution in [0.1, 0.15) is 17.2 Å². The Labute approximate surface area is 162 Å². The smallest absolute Gasteiger partial charge is 0.317 e. The fourth-order valence-electron chi connectivity index (χ4n) is 3.24. The van der Waals surface area contributed by atoms with Crippen molar-refractivity contribution in [3.63, 3.8) is 0 Å². The molecule has 7 heteroatoms. The van der Waals surface area contributed by atoms with Crippen LogP contribution in [0.4, 0.5) is 13.6 Å². The summed E-state index contributed by atoms with van der Waals surface area (Å²) in [5, 5.41) is 12.5. The monoisotopic (exact) mass is 390 g/mol. The zero-order valence-corrected chi connectivity index (χ0v) is 15.5. The average molecular weight is 390 g/mol. The fraction of sp³-hybridized carbons (Fsp3) is 0.381. The number of carbonyl (C=O) groups excluding carboxylic acids is 1. The van der Waals surface area contributed by atoms with Gasteiger partial charge in [0.1, 0.15) is 6.10 Å². The Balaban J connectivity index is 1.53. The van der Waals surface area contributed by atoms with Crippen molar-refractivity contribution >= 4 is 6.03 Å². The number of nitrogens with one attached hydrogen (secondary N) is 1. The van der Waals surface area contributed by atoms with Gasteiger partial charge >= 0.3 is 6.03 Å². The first kappa shape index (κ1) is 20.2. The minimum Gasteiger partial charge on any atom is -0.396 e. The molecular formula is C21H24F2N2O3. The van der Waals surface area contributed by atoms with Gasteiger partial charge in [0.25, 0.3) is 0 Å². The third kappa shape index (κ3) is 5.27. The van der Waals surface area contributed by atoms with Crippen LogP contribution in [0.2, 0.25) is 0 Å². The highest BCUT2D eigenvalue weighted by Crippen LogP contribution is 2.24. The number of urea groups is 1. The van der Waals surface area contributed by atoms with Gasteiger partial charge in [0.15, 0.2) is 11.6 Å². The summed E-state index contributed by atoms with van der Waals surface area (Å²) >= 11 is 0. The summed E-state index contributed by atoms with van der Waals surface area (Å²) in [6, 6.07) is 13.1. The number of rotatable bonds is 6. The Bertz CT molecular complexity index is 788. The minimum absolute atomic E-state index is 0.0320. The summed E-state index contributed by atoms with van der Waals surface area (Å²) in [5.74, 6) is -1.94. The van der Waals surface area contributed by atoms with Gasteiger partial charge in [-0.15, -0.1) is 0 Å². The van der Waals surface area contributed by atoms with E-state index in [1.165, 1.54) is 6.07 Å². The second-order valence-electron chi connectivity index (χ2n) is 6.90. The molecule has 28 heavy (non-hydrogen) atoms. The van der Waals surface area contributed by atoms with Crippen LogP contribution < -0.4 is 5.32 Å². The normalized spacial score (nSPS) is 18.0. The Kier molecular flexibility index (Phi) is 6.95. The molecule has 1 saturated heterocycles. The van der Waals surface area contributed by atoms with E-state index < -0.39 is 17.7 Å². The van der Waals surface area contributed by atoms with Crippen LogP contribution in [0.25, 0.3) is 0 Å². The van der Waals surface area contributed by atoms with Crippen molar-refractivity contribution in [3.8, 4) is 0 Å². The number of carbonyl (C=O) groups is 1. The van der Waals surface area contributed by atoms with Crippen LogP contribution in [-0.4, -0.2) is 48.9 Å². The van der Waals surface area contributed by atoms with E-state index in [0.717, 1.165) is 17.7 Å². The Morgan fingerprint density at radius 3 is 2.71 bits per heavy atom. The molecule has 0 spiro atoms. The van der Waals surface area contributed by atoms with E-state index in [2.05, 4.69) is 5.32 Å². The molecule has 2 aromatic rings. The van der Waals surface area contributed by atoms with Crippen LogP contribution in [0.5, 0.6) is 0 Å². The van der Waals surface area contributed by atoms with Gasteiger partial charge in [-0.3, -0.25) is 0 Å². The molecule has 1 aliphatic rings. The lowest BCUT2D eigenvalue weighted by Crippen LogP contribution is -2.48. The molecule has 0 aliphatic carbocycles. The number of aliphatic hydroxyl groups excluding tert-OH is 1. The molecule has 1 aliphatic heterocycles. The average Bonchev–Trinajstić information content (AvgIpc) is 2.73. The highest BCUT2D eigenvalue weighted by molar-refractivity contribution is 5.74. The number of ether oxygens (including phenoxy) is 1. The standard InChI is InChI=1S/C21H24F2N2O3/c22-18-7-6-17(11-19(18)23)20-13-25(8-9-28-20)21(27)24-12-16(14-26)10-15-4-2-1-3-5-15/h1-7,11,16,20,26H,8-10,12-14H2,(H,24,27). The highest BCUT2D eigenvalue weighted by Gasteiger charge is 2.26. The second kappa shape index (κ2) is 9.61. The van der Waals surface area contributed by atoms with Gasteiger partial charge in [0.2, 0.25) is 0 Å². The molecule has 3 rings (SSSR count). The first-order valence-electron chi connectivity index (χ1n) is 9.31. The zero-order chi connectivity index (χ0) is 19.9. The van der Waals surface area contributed by atoms with Crippen molar-refractivity contribution < 1.29 is 23.4 Å². The van der Waals surface area contributed by atoms with Crippen molar-refractivity contribution in [1.82, 2.24) is 10.2 Å². The molecule has 2 amide bonds. The molecule has 2 aromatic carbocycles. The van der Waals surface area contributed by atoms with Crippen LogP contribution in [0.15, 0.2) is 48.5 Å². The van der Waals surface area contributed by atoms with Gasteiger partial charge in [0, 0.05) is 25.6 Å². The van der Waals surface area contributed by atoms with Crippen molar-refractivity contribution in [2.24, 2.45) is 5.92 Å². The van der Waals surface area contributed by atoms with E-state index in [1.54, 1.807) is 4.90 Å². The number of hydrogen-bond donors (Lipinski definition) is 2. The molecule has 1 fully saturated rings. The number of morpholine rings is 1. The number of benzene rings is 2. The van der Waals surface area contributed by atoms with E-state index in [1.807, 2.05) is 30.3 Å². The van der Waals surface area contributed by atoms with E-state index in [9.17, 15) is 18.7 Å². The maximum Gasteiger partial charge on any atom is 0.317 e. The molecule has 0 radical (unpaired) electrons. The highest BCUT2D eigenvalue weighted by atomic mass is 19.2. The molecule has 2 N–H and O–H groups in total. The Hall–Kier alpha value is -2.51. The van der Waals surface area contributed by atoms with Gasteiger partial charge in [-0.05, 0) is 29.7 Å². The lowest BCUT2D eigenvalue weighted by molar-refractivity contribution is -0.0157. The van der Waals surface area contributed by atoms with Gasteiger partial charge < -0.3 is 20.1 Å². The molecule has 150 valence electrons. The van der Waals surface area contributed by atoms with Crippen molar-refractivity contribution in [2.75, 3.05) is 32.8 Å². The Morgan fingerprint density at radius 1 is 1.21 bits per heavy atom. The van der Waals surface area contributed by atoms with Gasteiger partial charge in [-0.25, -0.2) is 13.6 Å². The zero-order valence-electron chi connectivity index (χ0n) is 15.5. The lowest BCUT2D eigenvalue weighted by atomic mass is 10.0. The Morgan fingerprint density at radius 2 is 2.00 bits per heavy atom. The predicted octanol–water partition coefficient (Wildman–Crippen LogP) is 2.90. The van der Waals surface area contributed by atoms with E-state index in [0.29, 0.717) is 31.7 Å². The molecular weight excluding hydrogens is 366 g/mol. The SMILES string of the molecule is O=C(NCC(CO)Cc1ccccc1)N1CCOC(c2ccc(F)c(F)c2)C1. The van der Waals surface area contributed by atoms with Crippen LogP contribution >= 0.6 is 0 Å². The molecule has 0 aromatic heterocycles. The van der Waals surface area contributed by atoms with E-state index >= 15 is 0 Å². The summed E-state index contributed by atoms with van der Waals surface area (Å²) in [6.45, 7) is 1.28. The summed E-state index contributed by atoms with van der Waals surface area (Å²) in [4.78, 5) is 14.1. The molecule has 1 heterocycles. The summed E-state index contributed by atoms with van der Waals surface area (Å²) in [7, 11) is 0. The van der Waals surface area contributed by atoms with Crippen LogP contribution in [-0.2, 0) is 11.2 Å². The number of halogens is 2. The minimum atomic E-state index is -0.936. The van der Waals surface area contributed by atoms with Gasteiger partial charge in [0.05, 0.1) is 13.2 Å². The number of nitrogens with zero attached hydrogens (tertiary/aromatic N) is 1. The van der Waals surface area contributed by atoms with Crippen molar-refractivity contribution in [2.45, 2.75) is 12.5 Å². The summed E-state index contributed by atoms with van der Waals surface area (Å²) < 4.78 is 32.2. The van der Waals surface area contributed by atoms with Crippen LogP contribution in [0, 0.1) is 17.6 Å². The predicted molar refractivity (Wildman–Crippen MR) is 101 cm³/mol. The largest absolute Gasteiger partial charge is 0.396 e. The first-order chi connectivity index (χ1) is 13.6. The van der Waals surface area contributed by atoms with E-state index in [4.69, 9.17) is 4.74 Å². The third-order valence-electron chi connectivity index (χ3n) is 4.84. The van der Waals surface area contributed by atoms with E-state index in [-0.39, 0.29) is 25.1 Å². The number of amides is 2. The quantitative estimate of drug-likeness (QED) is 0.797. The second-order valence-corrected chi connectivity index (χ2v) is 6.90. The van der Waals surface area contributed by atoms with Crippen molar-refractivity contribution in [3.05, 3.63) is 71.3 Å². The van der Waals surface area contributed by atoms with Crippen LogP contribution in [0.3, 0.4) is 0 Å². The number of hydrogen-bond acceptors (Lipinski definition) is 3. The number of aliphatic hydroxyl groups is 1. The maximum atomic E-state index is 13.5.